The number of aliphatic hydroxyl groups is 3. The number of aliphatic hydroxyl groups excluding tert-OH is 2. The molecule has 2 aliphatic carbocycles. The monoisotopic (exact) mass is 394 g/mol. The van der Waals surface area contributed by atoms with Crippen LogP contribution < -0.4 is 0 Å². The third kappa shape index (κ3) is 1.51. The van der Waals surface area contributed by atoms with Crippen molar-refractivity contribution >= 4 is 11.9 Å². The Labute approximate surface area is 160 Å². The number of epoxide rings is 2. The average Bonchev–Trinajstić information content (AvgIpc) is 3.53. The molecule has 11 unspecified atom stereocenters. The molecule has 2 saturated carbocycles. The van der Waals surface area contributed by atoms with Gasteiger partial charge in [0.15, 0.2) is 11.7 Å². The molecule has 152 valence electrons. The summed E-state index contributed by atoms with van der Waals surface area (Å²) in [5, 5.41) is 31.3. The van der Waals surface area contributed by atoms with Crippen molar-refractivity contribution in [2.75, 3.05) is 6.61 Å². The summed E-state index contributed by atoms with van der Waals surface area (Å²) in [7, 11) is 0. The Bertz CT molecular complexity index is 865. The molecule has 0 radical (unpaired) electrons. The highest BCUT2D eigenvalue weighted by atomic mass is 16.7. The van der Waals surface area contributed by atoms with E-state index < -0.39 is 83.1 Å². The van der Waals surface area contributed by atoms with Crippen LogP contribution in [0.5, 0.6) is 0 Å². The fourth-order valence-electron chi connectivity index (χ4n) is 6.75. The zero-order valence-corrected chi connectivity index (χ0v) is 15.6. The largest absolute Gasteiger partial charge is 0.459 e. The summed E-state index contributed by atoms with van der Waals surface area (Å²) >= 11 is 0. The van der Waals surface area contributed by atoms with E-state index in [-0.39, 0.29) is 0 Å². The molecular formula is C19H22O9. The number of cyclic esters (lactones) is 1. The van der Waals surface area contributed by atoms with Gasteiger partial charge in [-0.15, -0.1) is 0 Å². The van der Waals surface area contributed by atoms with E-state index in [9.17, 15) is 24.9 Å². The first kappa shape index (κ1) is 17.3. The molecule has 9 heteroatoms. The van der Waals surface area contributed by atoms with Crippen molar-refractivity contribution in [3.8, 4) is 0 Å². The van der Waals surface area contributed by atoms with E-state index in [4.69, 9.17) is 18.9 Å². The van der Waals surface area contributed by atoms with Crippen molar-refractivity contribution in [1.29, 1.82) is 0 Å². The Morgan fingerprint density at radius 3 is 2.54 bits per heavy atom. The summed E-state index contributed by atoms with van der Waals surface area (Å²) in [6.07, 6.45) is -3.06. The minimum Gasteiger partial charge on any atom is -0.459 e. The minimum absolute atomic E-state index is 0.406. The van der Waals surface area contributed by atoms with Gasteiger partial charge in [-0.2, -0.15) is 0 Å². The summed E-state index contributed by atoms with van der Waals surface area (Å²) in [4.78, 5) is 25.3. The number of ether oxygens (including phenoxy) is 4. The van der Waals surface area contributed by atoms with E-state index in [2.05, 4.69) is 0 Å². The Kier molecular flexibility index (Phi) is 2.77. The van der Waals surface area contributed by atoms with Crippen LogP contribution in [0, 0.1) is 16.7 Å². The summed E-state index contributed by atoms with van der Waals surface area (Å²) in [6.45, 7) is 4.32. The third-order valence-electron chi connectivity index (χ3n) is 8.10. The van der Waals surface area contributed by atoms with Gasteiger partial charge in [0.2, 0.25) is 0 Å². The van der Waals surface area contributed by atoms with Crippen molar-refractivity contribution in [2.45, 2.75) is 68.6 Å². The zero-order valence-electron chi connectivity index (χ0n) is 15.6. The molecule has 1 spiro atoms. The molecule has 28 heavy (non-hydrogen) atoms. The predicted octanol–water partition coefficient (Wildman–Crippen LogP) is -1.57. The van der Waals surface area contributed by atoms with E-state index in [0.717, 1.165) is 0 Å². The zero-order chi connectivity index (χ0) is 20.0. The first-order chi connectivity index (χ1) is 13.0. The van der Waals surface area contributed by atoms with Gasteiger partial charge in [0.1, 0.15) is 29.3 Å². The van der Waals surface area contributed by atoms with Crippen LogP contribution in [0.2, 0.25) is 0 Å². The first-order valence-corrected chi connectivity index (χ1v) is 9.53. The maximum absolute atomic E-state index is 12.9. The number of esters is 2. The highest BCUT2D eigenvalue weighted by molar-refractivity contribution is 5.88. The normalized spacial score (nSPS) is 59.5. The number of carbonyl (C=O) groups excluding carboxylic acids is 2. The summed E-state index contributed by atoms with van der Waals surface area (Å²) < 4.78 is 23.0. The van der Waals surface area contributed by atoms with Crippen LogP contribution in [0.4, 0.5) is 0 Å². The van der Waals surface area contributed by atoms with Gasteiger partial charge in [-0.1, -0.05) is 6.92 Å². The van der Waals surface area contributed by atoms with Crippen LogP contribution in [-0.2, 0) is 28.5 Å². The Morgan fingerprint density at radius 2 is 1.86 bits per heavy atom. The average molecular weight is 394 g/mol. The van der Waals surface area contributed by atoms with Gasteiger partial charge in [0.05, 0.1) is 18.8 Å². The van der Waals surface area contributed by atoms with Crippen molar-refractivity contribution in [3.05, 3.63) is 11.6 Å². The molecule has 0 aromatic heterocycles. The molecule has 6 rings (SSSR count). The van der Waals surface area contributed by atoms with Crippen LogP contribution in [0.15, 0.2) is 11.6 Å². The molecule has 0 aromatic carbocycles. The molecule has 0 bridgehead atoms. The predicted molar refractivity (Wildman–Crippen MR) is 87.5 cm³/mol. The van der Waals surface area contributed by atoms with E-state index >= 15 is 0 Å². The fourth-order valence-corrected chi connectivity index (χ4v) is 6.75. The highest BCUT2D eigenvalue weighted by Crippen LogP contribution is 2.75. The van der Waals surface area contributed by atoms with Crippen molar-refractivity contribution in [3.63, 3.8) is 0 Å². The van der Waals surface area contributed by atoms with Crippen molar-refractivity contribution < 1.29 is 43.9 Å². The number of hydrogen-bond acceptors (Lipinski definition) is 9. The highest BCUT2D eigenvalue weighted by Gasteiger charge is 2.89. The molecule has 0 amide bonds. The second-order valence-corrected chi connectivity index (χ2v) is 9.60. The van der Waals surface area contributed by atoms with Crippen LogP contribution >= 0.6 is 0 Å². The third-order valence-corrected chi connectivity index (χ3v) is 8.10. The lowest BCUT2D eigenvalue weighted by Crippen LogP contribution is -2.68. The summed E-state index contributed by atoms with van der Waals surface area (Å²) in [5.74, 6) is -1.62. The lowest BCUT2D eigenvalue weighted by molar-refractivity contribution is -0.178. The summed E-state index contributed by atoms with van der Waals surface area (Å²) in [6, 6.07) is 0. The Morgan fingerprint density at radius 1 is 1.14 bits per heavy atom. The maximum atomic E-state index is 12.9. The molecule has 3 N–H and O–H groups in total. The summed E-state index contributed by atoms with van der Waals surface area (Å²) in [5.41, 5.74) is -4.37. The Balaban J connectivity index is 1.58. The van der Waals surface area contributed by atoms with Gasteiger partial charge in [-0.25, -0.2) is 4.79 Å². The van der Waals surface area contributed by atoms with Gasteiger partial charge < -0.3 is 34.3 Å². The van der Waals surface area contributed by atoms with E-state index in [1.807, 2.05) is 6.92 Å². The van der Waals surface area contributed by atoms with Crippen molar-refractivity contribution in [1.82, 2.24) is 0 Å². The number of carbonyl (C=O) groups is 2. The fraction of sp³-hybridized carbons (Fsp3) is 0.789. The van der Waals surface area contributed by atoms with Gasteiger partial charge >= 0.3 is 11.9 Å². The van der Waals surface area contributed by atoms with E-state index in [0.29, 0.717) is 5.57 Å². The second-order valence-electron chi connectivity index (χ2n) is 9.60. The lowest BCUT2D eigenvalue weighted by atomic mass is 9.46. The molecule has 0 aromatic rings. The lowest BCUT2D eigenvalue weighted by Gasteiger charge is -2.54. The second kappa shape index (κ2) is 4.46. The topological polar surface area (TPSA) is 138 Å². The van der Waals surface area contributed by atoms with Gasteiger partial charge in [-0.05, 0) is 19.4 Å². The molecule has 4 aliphatic heterocycles. The number of hydrogen-bond donors (Lipinski definition) is 3. The van der Waals surface area contributed by atoms with Crippen LogP contribution in [0.3, 0.4) is 0 Å². The maximum Gasteiger partial charge on any atom is 0.331 e. The van der Waals surface area contributed by atoms with Crippen molar-refractivity contribution in [2.24, 2.45) is 16.7 Å². The number of rotatable bonds is 2. The van der Waals surface area contributed by atoms with Gasteiger partial charge in [-0.3, -0.25) is 4.79 Å². The molecule has 5 fully saturated rings. The molecule has 11 atom stereocenters. The smallest absolute Gasteiger partial charge is 0.331 e. The first-order valence-electron chi connectivity index (χ1n) is 9.53. The van der Waals surface area contributed by atoms with E-state index in [1.54, 1.807) is 6.92 Å². The SMILES string of the molecule is CC(O)(CO)C1OC(=O)C=C2C3(C)C4OC4C(O)C4(C)C(=O)OC(C43)C3OC231. The molecular weight excluding hydrogens is 372 g/mol. The minimum atomic E-state index is -1.75. The standard InChI is InChI=1S/C19H22O9/c1-16(24,5-20)14-19-6(4-7(21)25-14)17(2)10-8(13(19)28-19)27-15(23)18(10,3)11(22)9-12(17)26-9/h4,8-14,20,22,24H,5H2,1-3H3. The van der Waals surface area contributed by atoms with Gasteiger partial charge in [0.25, 0.3) is 0 Å². The molecule has 4 heterocycles. The van der Waals surface area contributed by atoms with Crippen LogP contribution in [-0.4, -0.2) is 81.7 Å². The molecule has 6 aliphatic rings. The van der Waals surface area contributed by atoms with E-state index in [1.165, 1.54) is 13.0 Å². The quantitative estimate of drug-likeness (QED) is 0.374. The van der Waals surface area contributed by atoms with Crippen LogP contribution in [0.25, 0.3) is 0 Å². The number of fused-ring (bicyclic) bond motifs is 4. The Hall–Kier alpha value is -1.52. The van der Waals surface area contributed by atoms with Gasteiger partial charge in [0, 0.05) is 17.4 Å². The van der Waals surface area contributed by atoms with Crippen LogP contribution in [0.1, 0.15) is 20.8 Å². The molecule has 9 nitrogen and oxygen atoms in total. The molecule has 3 saturated heterocycles.